The minimum Gasteiger partial charge on any atom is -0.382 e. The highest BCUT2D eigenvalue weighted by Gasteiger charge is 2.20. The number of carbonyl (C=O) groups excluding carboxylic acids is 1. The second-order valence-corrected chi connectivity index (χ2v) is 3.41. The highest BCUT2D eigenvalue weighted by molar-refractivity contribution is 5.76. The first-order valence-electron chi connectivity index (χ1n) is 4.60. The van der Waals surface area contributed by atoms with Gasteiger partial charge in [0.2, 0.25) is 5.91 Å². The molecule has 1 atom stereocenters. The van der Waals surface area contributed by atoms with Crippen molar-refractivity contribution in [1.82, 2.24) is 15.3 Å². The molecular weight excluding hydrogens is 180 g/mol. The Kier molecular flexibility index (Phi) is 2.30. The molecule has 1 aliphatic rings. The Balaban J connectivity index is 2.08. The van der Waals surface area contributed by atoms with E-state index in [4.69, 9.17) is 5.73 Å². The van der Waals surface area contributed by atoms with Crippen molar-refractivity contribution in [3.63, 3.8) is 0 Å². The van der Waals surface area contributed by atoms with Crippen LogP contribution in [0.15, 0.2) is 12.4 Å². The molecule has 74 valence electrons. The lowest BCUT2D eigenvalue weighted by Crippen LogP contribution is -2.34. The molecule has 1 fully saturated rings. The first kappa shape index (κ1) is 8.93. The van der Waals surface area contributed by atoms with Gasteiger partial charge in [0.15, 0.2) is 0 Å². The largest absolute Gasteiger partial charge is 0.382 e. The van der Waals surface area contributed by atoms with E-state index < -0.39 is 0 Å². The summed E-state index contributed by atoms with van der Waals surface area (Å²) in [4.78, 5) is 19.1. The molecule has 2 rings (SSSR count). The summed E-state index contributed by atoms with van der Waals surface area (Å²) in [6.07, 6.45) is 4.63. The third-order valence-electron chi connectivity index (χ3n) is 2.38. The van der Waals surface area contributed by atoms with Gasteiger partial charge in [-0.25, -0.2) is 4.98 Å². The highest BCUT2D eigenvalue weighted by Crippen LogP contribution is 2.20. The van der Waals surface area contributed by atoms with Gasteiger partial charge in [-0.2, -0.15) is 0 Å². The summed E-state index contributed by atoms with van der Waals surface area (Å²) < 4.78 is 0. The summed E-state index contributed by atoms with van der Waals surface area (Å²) in [5.41, 5.74) is 6.34. The monoisotopic (exact) mass is 192 g/mol. The van der Waals surface area contributed by atoms with Crippen LogP contribution >= 0.6 is 0 Å². The maximum absolute atomic E-state index is 10.9. The SMILES string of the molecule is Nc1cnc([C@H]2CCC(=O)NC2)cn1. The molecule has 0 aromatic carbocycles. The average Bonchev–Trinajstić information content (AvgIpc) is 2.21. The maximum atomic E-state index is 10.9. The van der Waals surface area contributed by atoms with Gasteiger partial charge in [-0.05, 0) is 6.42 Å². The summed E-state index contributed by atoms with van der Waals surface area (Å²) in [7, 11) is 0. The van der Waals surface area contributed by atoms with Gasteiger partial charge in [0, 0.05) is 18.9 Å². The lowest BCUT2D eigenvalue weighted by molar-refractivity contribution is -0.122. The zero-order valence-corrected chi connectivity index (χ0v) is 7.73. The van der Waals surface area contributed by atoms with Crippen LogP contribution in [-0.2, 0) is 4.79 Å². The Morgan fingerprint density at radius 2 is 2.29 bits per heavy atom. The van der Waals surface area contributed by atoms with Crippen LogP contribution in [0.1, 0.15) is 24.5 Å². The van der Waals surface area contributed by atoms with Gasteiger partial charge in [-0.3, -0.25) is 9.78 Å². The van der Waals surface area contributed by atoms with E-state index in [9.17, 15) is 4.79 Å². The lowest BCUT2D eigenvalue weighted by Gasteiger charge is -2.21. The summed E-state index contributed by atoms with van der Waals surface area (Å²) in [5.74, 6) is 0.819. The molecule has 1 aromatic rings. The number of hydrogen-bond acceptors (Lipinski definition) is 4. The summed E-state index contributed by atoms with van der Waals surface area (Å²) in [6, 6.07) is 0. The number of amides is 1. The van der Waals surface area contributed by atoms with E-state index in [0.29, 0.717) is 18.8 Å². The topological polar surface area (TPSA) is 80.9 Å². The van der Waals surface area contributed by atoms with Crippen molar-refractivity contribution in [1.29, 1.82) is 0 Å². The number of anilines is 1. The maximum Gasteiger partial charge on any atom is 0.220 e. The normalized spacial score (nSPS) is 21.7. The molecule has 0 radical (unpaired) electrons. The first-order valence-corrected chi connectivity index (χ1v) is 4.60. The number of piperidine rings is 1. The van der Waals surface area contributed by atoms with Gasteiger partial charge in [-0.1, -0.05) is 0 Å². The van der Waals surface area contributed by atoms with Crippen molar-refractivity contribution >= 4 is 11.7 Å². The lowest BCUT2D eigenvalue weighted by atomic mass is 9.96. The predicted molar refractivity (Wildman–Crippen MR) is 51.4 cm³/mol. The van der Waals surface area contributed by atoms with Gasteiger partial charge in [-0.15, -0.1) is 0 Å². The second-order valence-electron chi connectivity index (χ2n) is 3.41. The van der Waals surface area contributed by atoms with E-state index in [1.165, 1.54) is 0 Å². The molecule has 0 saturated carbocycles. The van der Waals surface area contributed by atoms with Crippen molar-refractivity contribution in [2.45, 2.75) is 18.8 Å². The number of nitrogens with one attached hydrogen (secondary N) is 1. The van der Waals surface area contributed by atoms with E-state index in [0.717, 1.165) is 12.1 Å². The van der Waals surface area contributed by atoms with E-state index in [2.05, 4.69) is 15.3 Å². The van der Waals surface area contributed by atoms with Crippen molar-refractivity contribution in [3.8, 4) is 0 Å². The van der Waals surface area contributed by atoms with Crippen molar-refractivity contribution in [2.75, 3.05) is 12.3 Å². The molecular formula is C9H12N4O. The van der Waals surface area contributed by atoms with Crippen LogP contribution in [-0.4, -0.2) is 22.4 Å². The first-order chi connectivity index (χ1) is 6.75. The number of nitrogens with zero attached hydrogens (tertiary/aromatic N) is 2. The molecule has 3 N–H and O–H groups in total. The molecule has 14 heavy (non-hydrogen) atoms. The molecule has 0 bridgehead atoms. The van der Waals surface area contributed by atoms with Crippen LogP contribution in [0.4, 0.5) is 5.82 Å². The van der Waals surface area contributed by atoms with Gasteiger partial charge in [0.25, 0.3) is 0 Å². The van der Waals surface area contributed by atoms with Crippen LogP contribution < -0.4 is 11.1 Å². The van der Waals surface area contributed by atoms with Gasteiger partial charge in [0.1, 0.15) is 5.82 Å². The second kappa shape index (κ2) is 3.61. The van der Waals surface area contributed by atoms with E-state index >= 15 is 0 Å². The molecule has 0 unspecified atom stereocenters. The van der Waals surface area contributed by atoms with Crippen LogP contribution in [0.2, 0.25) is 0 Å². The fraction of sp³-hybridized carbons (Fsp3) is 0.444. The van der Waals surface area contributed by atoms with Gasteiger partial charge in [0.05, 0.1) is 18.1 Å². The van der Waals surface area contributed by atoms with E-state index in [1.807, 2.05) is 0 Å². The van der Waals surface area contributed by atoms with Crippen molar-refractivity contribution in [2.24, 2.45) is 0 Å². The molecule has 5 heteroatoms. The Bertz CT molecular complexity index is 325. The van der Waals surface area contributed by atoms with Gasteiger partial charge < -0.3 is 11.1 Å². The minimum atomic E-state index is 0.115. The zero-order valence-electron chi connectivity index (χ0n) is 7.73. The number of nitrogen functional groups attached to an aromatic ring is 1. The molecule has 1 aliphatic heterocycles. The van der Waals surface area contributed by atoms with Crippen LogP contribution in [0.25, 0.3) is 0 Å². The Morgan fingerprint density at radius 1 is 1.43 bits per heavy atom. The fourth-order valence-corrected chi connectivity index (χ4v) is 1.54. The highest BCUT2D eigenvalue weighted by atomic mass is 16.1. The van der Waals surface area contributed by atoms with Gasteiger partial charge >= 0.3 is 0 Å². The number of rotatable bonds is 1. The number of nitrogens with two attached hydrogens (primary N) is 1. The van der Waals surface area contributed by atoms with Crippen LogP contribution in [0.3, 0.4) is 0 Å². The molecule has 1 amide bonds. The molecule has 1 aromatic heterocycles. The number of carbonyl (C=O) groups is 1. The molecule has 2 heterocycles. The minimum absolute atomic E-state index is 0.115. The van der Waals surface area contributed by atoms with E-state index in [-0.39, 0.29) is 11.8 Å². The summed E-state index contributed by atoms with van der Waals surface area (Å²) in [6.45, 7) is 0.650. The van der Waals surface area contributed by atoms with E-state index in [1.54, 1.807) is 12.4 Å². The molecule has 5 nitrogen and oxygen atoms in total. The third kappa shape index (κ3) is 1.81. The summed E-state index contributed by atoms with van der Waals surface area (Å²) >= 11 is 0. The summed E-state index contributed by atoms with van der Waals surface area (Å²) in [5, 5.41) is 2.81. The average molecular weight is 192 g/mol. The quantitative estimate of drug-likeness (QED) is 0.659. The number of hydrogen-bond donors (Lipinski definition) is 2. The Labute approximate surface area is 81.7 Å². The molecule has 0 aliphatic carbocycles. The standard InChI is InChI=1S/C9H12N4O/c10-8-5-11-7(4-12-8)6-1-2-9(14)13-3-6/h4-6H,1-3H2,(H2,10,12)(H,13,14)/t6-/m0/s1. The molecule has 0 spiro atoms. The predicted octanol–water partition coefficient (Wildman–Crippen LogP) is 0.0524. The van der Waals surface area contributed by atoms with Crippen LogP contribution in [0.5, 0.6) is 0 Å². The van der Waals surface area contributed by atoms with Crippen molar-refractivity contribution < 1.29 is 4.79 Å². The molecule has 1 saturated heterocycles. The number of aromatic nitrogens is 2. The van der Waals surface area contributed by atoms with Crippen LogP contribution in [0, 0.1) is 0 Å². The fourth-order valence-electron chi connectivity index (χ4n) is 1.54. The zero-order chi connectivity index (χ0) is 9.97. The Hall–Kier alpha value is -1.65. The smallest absolute Gasteiger partial charge is 0.220 e. The van der Waals surface area contributed by atoms with Crippen molar-refractivity contribution in [3.05, 3.63) is 18.1 Å². The third-order valence-corrected chi connectivity index (χ3v) is 2.38. The Morgan fingerprint density at radius 3 is 2.86 bits per heavy atom.